The zero-order valence-corrected chi connectivity index (χ0v) is 21.0. The van der Waals surface area contributed by atoms with E-state index in [2.05, 4.69) is 97.1 Å². The molecule has 0 amide bonds. The standard InChI is InChI=1S/C29H38N4O/c1-5-6-13-31(4)24-9-10-26-25(20-24)30-29(27-8-7-14-33(26)27)11-15-32(16-12-29)28(34)23-18-21(2)17-22(3)19-23/h6-8,10,13-14,17-19,24,28,34H,5,9,11-12,15-16,20H2,1-4H3. The van der Waals surface area contributed by atoms with Gasteiger partial charge in [-0.2, -0.15) is 0 Å². The number of aliphatic hydroxyl groups excluding tert-OH is 1. The molecule has 1 aliphatic carbocycles. The Morgan fingerprint density at radius 1 is 1.21 bits per heavy atom. The fourth-order valence-electron chi connectivity index (χ4n) is 5.98. The number of nitrogens with zero attached hydrogens (tertiary/aromatic N) is 4. The molecule has 3 aliphatic rings. The van der Waals surface area contributed by atoms with Crippen LogP contribution in [0, 0.1) is 13.8 Å². The summed E-state index contributed by atoms with van der Waals surface area (Å²) in [5, 5.41) is 11.2. The van der Waals surface area contributed by atoms with Gasteiger partial charge >= 0.3 is 0 Å². The number of aliphatic hydroxyl groups is 1. The molecule has 2 aliphatic heterocycles. The molecule has 1 saturated heterocycles. The number of likely N-dealkylation sites (tertiary alicyclic amines) is 1. The van der Waals surface area contributed by atoms with E-state index in [0.29, 0.717) is 6.04 Å². The molecule has 3 heterocycles. The van der Waals surface area contributed by atoms with E-state index >= 15 is 0 Å². The Balaban J connectivity index is 1.38. The third-order valence-corrected chi connectivity index (χ3v) is 7.81. The Hall–Kier alpha value is -2.63. The first-order chi connectivity index (χ1) is 16.4. The lowest BCUT2D eigenvalue weighted by Crippen LogP contribution is -2.47. The Bertz CT molecular complexity index is 1110. The molecule has 1 aromatic carbocycles. The van der Waals surface area contributed by atoms with Crippen molar-refractivity contribution in [3.63, 3.8) is 0 Å². The van der Waals surface area contributed by atoms with Gasteiger partial charge in [0.2, 0.25) is 0 Å². The maximum atomic E-state index is 11.2. The zero-order chi connectivity index (χ0) is 23.9. The van der Waals surface area contributed by atoms with Gasteiger partial charge in [0.25, 0.3) is 0 Å². The van der Waals surface area contributed by atoms with Crippen LogP contribution >= 0.6 is 0 Å². The van der Waals surface area contributed by atoms with Crippen LogP contribution in [0.2, 0.25) is 0 Å². The number of hydrogen-bond acceptors (Lipinski definition) is 4. The van der Waals surface area contributed by atoms with E-state index in [9.17, 15) is 5.11 Å². The summed E-state index contributed by atoms with van der Waals surface area (Å²) in [6, 6.07) is 11.2. The molecule has 1 fully saturated rings. The minimum atomic E-state index is -0.563. The first kappa shape index (κ1) is 23.1. The number of aromatic nitrogens is 1. The second-order valence-electron chi connectivity index (χ2n) is 10.3. The van der Waals surface area contributed by atoms with Crippen LogP contribution in [0.5, 0.6) is 0 Å². The fourth-order valence-corrected chi connectivity index (χ4v) is 5.98. The molecule has 5 rings (SSSR count). The van der Waals surface area contributed by atoms with Crippen LogP contribution in [0.25, 0.3) is 5.70 Å². The van der Waals surface area contributed by atoms with E-state index in [-0.39, 0.29) is 5.54 Å². The van der Waals surface area contributed by atoms with Gasteiger partial charge < -0.3 is 14.6 Å². The van der Waals surface area contributed by atoms with E-state index in [1.54, 1.807) is 0 Å². The lowest BCUT2D eigenvalue weighted by molar-refractivity contribution is -0.0239. The van der Waals surface area contributed by atoms with Crippen molar-refractivity contribution in [3.8, 4) is 0 Å². The van der Waals surface area contributed by atoms with Gasteiger partial charge in [0.05, 0.1) is 17.1 Å². The van der Waals surface area contributed by atoms with Crippen molar-refractivity contribution in [2.45, 2.75) is 70.7 Å². The van der Waals surface area contributed by atoms with Gasteiger partial charge in [0.1, 0.15) is 11.8 Å². The molecule has 34 heavy (non-hydrogen) atoms. The third-order valence-electron chi connectivity index (χ3n) is 7.81. The summed E-state index contributed by atoms with van der Waals surface area (Å²) in [7, 11) is 2.18. The predicted octanol–water partition coefficient (Wildman–Crippen LogP) is 5.40. The summed E-state index contributed by atoms with van der Waals surface area (Å²) >= 11 is 0. The highest BCUT2D eigenvalue weighted by Crippen LogP contribution is 2.44. The minimum absolute atomic E-state index is 0.200. The largest absolute Gasteiger partial charge is 0.377 e. The first-order valence-corrected chi connectivity index (χ1v) is 12.8. The van der Waals surface area contributed by atoms with Crippen molar-refractivity contribution in [1.82, 2.24) is 14.4 Å². The minimum Gasteiger partial charge on any atom is -0.377 e. The van der Waals surface area contributed by atoms with Crippen molar-refractivity contribution in [3.05, 3.63) is 77.3 Å². The summed E-state index contributed by atoms with van der Waals surface area (Å²) in [5.41, 5.74) is 7.01. The van der Waals surface area contributed by atoms with Crippen LogP contribution in [0.1, 0.15) is 67.6 Å². The Labute approximate surface area is 204 Å². The Kier molecular flexibility index (Phi) is 6.26. The van der Waals surface area contributed by atoms with Crippen LogP contribution in [0.15, 0.2) is 59.9 Å². The summed E-state index contributed by atoms with van der Waals surface area (Å²) in [4.78, 5) is 10.0. The van der Waals surface area contributed by atoms with Crippen molar-refractivity contribution in [1.29, 1.82) is 0 Å². The van der Waals surface area contributed by atoms with Gasteiger partial charge in [-0.3, -0.25) is 9.89 Å². The molecule has 0 radical (unpaired) electrons. The summed E-state index contributed by atoms with van der Waals surface area (Å²) in [6.45, 7) is 8.03. The highest BCUT2D eigenvalue weighted by atomic mass is 16.3. The number of aryl methyl sites for hydroxylation is 2. The van der Waals surface area contributed by atoms with Crippen molar-refractivity contribution >= 4 is 11.4 Å². The second kappa shape index (κ2) is 9.20. The second-order valence-corrected chi connectivity index (χ2v) is 10.3. The molecule has 0 saturated carbocycles. The first-order valence-electron chi connectivity index (χ1n) is 12.8. The highest BCUT2D eigenvalue weighted by Gasteiger charge is 2.43. The molecule has 180 valence electrons. The van der Waals surface area contributed by atoms with Crippen molar-refractivity contribution in [2.24, 2.45) is 4.99 Å². The number of rotatable bonds is 5. The third kappa shape index (κ3) is 4.16. The molecule has 5 heteroatoms. The monoisotopic (exact) mass is 458 g/mol. The van der Waals surface area contributed by atoms with E-state index in [0.717, 1.165) is 50.8 Å². The lowest BCUT2D eigenvalue weighted by atomic mass is 9.81. The van der Waals surface area contributed by atoms with Crippen LogP contribution < -0.4 is 0 Å². The average molecular weight is 459 g/mol. The normalized spacial score (nSPS) is 22.8. The van der Waals surface area contributed by atoms with Crippen molar-refractivity contribution in [2.75, 3.05) is 20.1 Å². The summed E-state index contributed by atoms with van der Waals surface area (Å²) in [5.74, 6) is 0. The molecule has 1 aromatic heterocycles. The topological polar surface area (TPSA) is 44.0 Å². The molecule has 1 spiro atoms. The summed E-state index contributed by atoms with van der Waals surface area (Å²) in [6.07, 6.45) is 13.4. The quantitative estimate of drug-likeness (QED) is 0.652. The molecule has 2 unspecified atom stereocenters. The van der Waals surface area contributed by atoms with Crippen LogP contribution in [0.3, 0.4) is 0 Å². The van der Waals surface area contributed by atoms with E-state index in [1.807, 2.05) is 0 Å². The maximum Gasteiger partial charge on any atom is 0.133 e. The summed E-state index contributed by atoms with van der Waals surface area (Å²) < 4.78 is 2.39. The van der Waals surface area contributed by atoms with Gasteiger partial charge in [-0.1, -0.05) is 48.4 Å². The molecule has 1 N–H and O–H groups in total. The zero-order valence-electron chi connectivity index (χ0n) is 21.0. The molecule has 0 bridgehead atoms. The smallest absolute Gasteiger partial charge is 0.133 e. The van der Waals surface area contributed by atoms with E-state index < -0.39 is 6.23 Å². The maximum absolute atomic E-state index is 11.2. The van der Waals surface area contributed by atoms with E-state index in [1.165, 1.54) is 28.2 Å². The molecular weight excluding hydrogens is 420 g/mol. The number of fused-ring (bicyclic) bond motifs is 4. The Morgan fingerprint density at radius 3 is 2.65 bits per heavy atom. The molecule has 2 aromatic rings. The van der Waals surface area contributed by atoms with Gasteiger partial charge in [0.15, 0.2) is 0 Å². The molecule has 2 atom stereocenters. The number of piperidine rings is 1. The number of aliphatic imine (C=N–C) groups is 1. The Morgan fingerprint density at radius 2 is 1.94 bits per heavy atom. The van der Waals surface area contributed by atoms with Gasteiger partial charge in [-0.15, -0.1) is 0 Å². The molecule has 5 nitrogen and oxygen atoms in total. The highest BCUT2D eigenvalue weighted by molar-refractivity contribution is 6.20. The van der Waals surface area contributed by atoms with Crippen LogP contribution in [-0.2, 0) is 5.54 Å². The van der Waals surface area contributed by atoms with Crippen LogP contribution in [0.4, 0.5) is 0 Å². The predicted molar refractivity (Wildman–Crippen MR) is 140 cm³/mol. The van der Waals surface area contributed by atoms with E-state index in [4.69, 9.17) is 4.99 Å². The fraction of sp³-hybridized carbons (Fsp3) is 0.483. The SMILES string of the molecule is CCC=CN(C)C1CC=C2C(=NC3(CCN(C(O)c4cc(C)cc(C)c4)CC3)c3cccn32)C1. The average Bonchev–Trinajstić information content (AvgIpc) is 3.33. The number of hydrogen-bond donors (Lipinski definition) is 1. The number of allylic oxidation sites excluding steroid dienone is 2. The van der Waals surface area contributed by atoms with Crippen LogP contribution in [-0.4, -0.2) is 51.4 Å². The number of benzene rings is 1. The van der Waals surface area contributed by atoms with Gasteiger partial charge in [-0.05, 0) is 63.4 Å². The lowest BCUT2D eigenvalue weighted by Gasteiger charge is -2.45. The van der Waals surface area contributed by atoms with Gasteiger partial charge in [0, 0.05) is 38.8 Å². The molecular formula is C29H38N4O. The van der Waals surface area contributed by atoms with Gasteiger partial charge in [-0.25, -0.2) is 0 Å². The van der Waals surface area contributed by atoms with Crippen molar-refractivity contribution < 1.29 is 5.11 Å².